The highest BCUT2D eigenvalue weighted by molar-refractivity contribution is 8.00. The van der Waals surface area contributed by atoms with E-state index in [2.05, 4.69) is 10.6 Å². The van der Waals surface area contributed by atoms with Crippen molar-refractivity contribution in [3.8, 4) is 0 Å². The van der Waals surface area contributed by atoms with Crippen LogP contribution in [0.2, 0.25) is 0 Å². The molecule has 28 heavy (non-hydrogen) atoms. The van der Waals surface area contributed by atoms with E-state index in [1.54, 1.807) is 0 Å². The van der Waals surface area contributed by atoms with Crippen molar-refractivity contribution in [2.24, 2.45) is 0 Å². The van der Waals surface area contributed by atoms with E-state index in [0.29, 0.717) is 12.1 Å². The standard InChI is InChI=1S/C21H22F2N2OS.ClH/c22-14-6-9-19(18(23)10-14)27-20(13-4-2-1-3-5-13)21(26)25-17-11-15-7-8-16(12-17)24-15;/h1-6,9-10,15-17,20,24H,7-8,11-12H2,(H,25,26);1H. The summed E-state index contributed by atoms with van der Waals surface area (Å²) in [4.78, 5) is 13.3. The van der Waals surface area contributed by atoms with Gasteiger partial charge in [0.15, 0.2) is 0 Å². The normalized spacial score (nSPS) is 24.3. The lowest BCUT2D eigenvalue weighted by Crippen LogP contribution is -2.48. The zero-order valence-electron chi connectivity index (χ0n) is 15.2. The number of carbonyl (C=O) groups is 1. The third kappa shape index (κ3) is 4.85. The van der Waals surface area contributed by atoms with Crippen LogP contribution >= 0.6 is 24.2 Å². The van der Waals surface area contributed by atoms with Gasteiger partial charge in [-0.05, 0) is 43.4 Å². The third-order valence-corrected chi connectivity index (χ3v) is 6.61. The molecule has 0 spiro atoms. The quantitative estimate of drug-likeness (QED) is 0.688. The molecular weight excluding hydrogens is 402 g/mol. The van der Waals surface area contributed by atoms with Gasteiger partial charge in [-0.1, -0.05) is 30.3 Å². The fraction of sp³-hybridized carbons (Fsp3) is 0.381. The van der Waals surface area contributed by atoms with E-state index in [1.165, 1.54) is 12.1 Å². The van der Waals surface area contributed by atoms with Crippen LogP contribution in [0.15, 0.2) is 53.4 Å². The highest BCUT2D eigenvalue weighted by Crippen LogP contribution is 2.37. The summed E-state index contributed by atoms with van der Waals surface area (Å²) in [6.07, 6.45) is 4.18. The van der Waals surface area contributed by atoms with E-state index < -0.39 is 16.9 Å². The second kappa shape index (κ2) is 9.25. The SMILES string of the molecule is Cl.O=C(NC1CC2CCC(C1)N2)C(Sc1ccc(F)cc1F)c1ccccc1. The fourth-order valence-electron chi connectivity index (χ4n) is 4.05. The Bertz CT molecular complexity index is 811. The zero-order chi connectivity index (χ0) is 18.8. The number of amides is 1. The van der Waals surface area contributed by atoms with E-state index in [1.807, 2.05) is 30.3 Å². The van der Waals surface area contributed by atoms with E-state index in [-0.39, 0.29) is 29.3 Å². The predicted molar refractivity (Wildman–Crippen MR) is 110 cm³/mol. The molecule has 3 unspecified atom stereocenters. The Morgan fingerprint density at radius 1 is 1.07 bits per heavy atom. The van der Waals surface area contributed by atoms with Gasteiger partial charge in [-0.25, -0.2) is 8.78 Å². The van der Waals surface area contributed by atoms with Gasteiger partial charge < -0.3 is 10.6 Å². The van der Waals surface area contributed by atoms with Crippen molar-refractivity contribution < 1.29 is 13.6 Å². The summed E-state index contributed by atoms with van der Waals surface area (Å²) in [5.74, 6) is -1.39. The van der Waals surface area contributed by atoms with Crippen LogP contribution < -0.4 is 10.6 Å². The summed E-state index contributed by atoms with van der Waals surface area (Å²) in [6.45, 7) is 0. The number of carbonyl (C=O) groups excluding carboxylic acids is 1. The van der Waals surface area contributed by atoms with Crippen LogP contribution in [-0.2, 0) is 4.79 Å². The Labute approximate surface area is 174 Å². The largest absolute Gasteiger partial charge is 0.352 e. The van der Waals surface area contributed by atoms with Crippen LogP contribution in [0.25, 0.3) is 0 Å². The molecule has 2 aromatic carbocycles. The Balaban J connectivity index is 0.00000225. The van der Waals surface area contributed by atoms with Gasteiger partial charge >= 0.3 is 0 Å². The summed E-state index contributed by atoms with van der Waals surface area (Å²) in [5, 5.41) is 6.15. The summed E-state index contributed by atoms with van der Waals surface area (Å²) in [6, 6.07) is 13.9. The minimum atomic E-state index is -0.645. The Kier molecular flexibility index (Phi) is 6.96. The summed E-state index contributed by atoms with van der Waals surface area (Å²) < 4.78 is 27.4. The molecule has 0 aromatic heterocycles. The maximum atomic E-state index is 14.2. The van der Waals surface area contributed by atoms with Crippen molar-refractivity contribution >= 4 is 30.1 Å². The summed E-state index contributed by atoms with van der Waals surface area (Å²) in [7, 11) is 0. The van der Waals surface area contributed by atoms with Gasteiger partial charge in [0, 0.05) is 29.1 Å². The van der Waals surface area contributed by atoms with Gasteiger partial charge in [0.1, 0.15) is 16.9 Å². The highest BCUT2D eigenvalue weighted by Gasteiger charge is 2.35. The lowest BCUT2D eigenvalue weighted by atomic mass is 9.99. The first-order chi connectivity index (χ1) is 13.1. The van der Waals surface area contributed by atoms with Crippen molar-refractivity contribution in [1.29, 1.82) is 0 Å². The maximum Gasteiger partial charge on any atom is 0.238 e. The first-order valence-electron chi connectivity index (χ1n) is 9.31. The number of fused-ring (bicyclic) bond motifs is 2. The Hall–Kier alpha value is -1.63. The molecule has 1 amide bonds. The average molecular weight is 425 g/mol. The van der Waals surface area contributed by atoms with Crippen LogP contribution in [0.1, 0.15) is 36.5 Å². The lowest BCUT2D eigenvalue weighted by molar-refractivity contribution is -0.121. The topological polar surface area (TPSA) is 41.1 Å². The number of rotatable bonds is 5. The molecule has 2 bridgehead atoms. The minimum absolute atomic E-state index is 0. The molecule has 2 aromatic rings. The van der Waals surface area contributed by atoms with Crippen molar-refractivity contribution in [3.05, 3.63) is 65.7 Å². The molecule has 0 aliphatic carbocycles. The third-order valence-electron chi connectivity index (χ3n) is 5.30. The number of thioether (sulfide) groups is 1. The molecule has 2 aliphatic heterocycles. The molecule has 2 aliphatic rings. The molecule has 3 atom stereocenters. The number of piperidine rings is 1. The molecule has 0 radical (unpaired) electrons. The lowest BCUT2D eigenvalue weighted by Gasteiger charge is -2.31. The predicted octanol–water partition coefficient (Wildman–Crippen LogP) is 4.62. The zero-order valence-corrected chi connectivity index (χ0v) is 16.9. The van der Waals surface area contributed by atoms with Crippen LogP contribution in [0.3, 0.4) is 0 Å². The van der Waals surface area contributed by atoms with Crippen molar-refractivity contribution in [2.75, 3.05) is 0 Å². The molecule has 4 rings (SSSR count). The van der Waals surface area contributed by atoms with Crippen LogP contribution in [0.4, 0.5) is 8.78 Å². The van der Waals surface area contributed by atoms with Crippen molar-refractivity contribution in [3.63, 3.8) is 0 Å². The number of hydrogen-bond acceptors (Lipinski definition) is 3. The Morgan fingerprint density at radius 3 is 2.39 bits per heavy atom. The smallest absolute Gasteiger partial charge is 0.238 e. The van der Waals surface area contributed by atoms with Gasteiger partial charge in [0.05, 0.1) is 0 Å². The summed E-state index contributed by atoms with van der Waals surface area (Å²) >= 11 is 1.12. The maximum absolute atomic E-state index is 14.2. The second-order valence-electron chi connectivity index (χ2n) is 7.30. The van der Waals surface area contributed by atoms with E-state index >= 15 is 0 Å². The van der Waals surface area contributed by atoms with Gasteiger partial charge in [-0.3, -0.25) is 4.79 Å². The summed E-state index contributed by atoms with van der Waals surface area (Å²) in [5.41, 5.74) is 0.806. The number of hydrogen-bond donors (Lipinski definition) is 2. The van der Waals surface area contributed by atoms with Crippen LogP contribution in [0, 0.1) is 11.6 Å². The van der Waals surface area contributed by atoms with E-state index in [4.69, 9.17) is 0 Å². The first kappa shape index (κ1) is 21.1. The van der Waals surface area contributed by atoms with Gasteiger partial charge in [-0.15, -0.1) is 24.2 Å². The number of benzene rings is 2. The molecule has 2 heterocycles. The van der Waals surface area contributed by atoms with Gasteiger partial charge in [-0.2, -0.15) is 0 Å². The molecule has 2 fully saturated rings. The van der Waals surface area contributed by atoms with Crippen LogP contribution in [0.5, 0.6) is 0 Å². The average Bonchev–Trinajstić information content (AvgIpc) is 3.00. The molecule has 7 heteroatoms. The fourth-order valence-corrected chi connectivity index (χ4v) is 5.09. The van der Waals surface area contributed by atoms with E-state index in [0.717, 1.165) is 49.1 Å². The first-order valence-corrected chi connectivity index (χ1v) is 10.2. The molecule has 3 nitrogen and oxygen atoms in total. The van der Waals surface area contributed by atoms with Gasteiger partial charge in [0.25, 0.3) is 0 Å². The van der Waals surface area contributed by atoms with Crippen LogP contribution in [-0.4, -0.2) is 24.0 Å². The highest BCUT2D eigenvalue weighted by atomic mass is 35.5. The van der Waals surface area contributed by atoms with Gasteiger partial charge in [0.2, 0.25) is 5.91 Å². The number of halogens is 3. The number of nitrogens with one attached hydrogen (secondary N) is 2. The second-order valence-corrected chi connectivity index (χ2v) is 8.45. The van der Waals surface area contributed by atoms with Crippen molar-refractivity contribution in [2.45, 2.75) is 54.0 Å². The minimum Gasteiger partial charge on any atom is -0.352 e. The monoisotopic (exact) mass is 424 g/mol. The molecule has 0 saturated carbocycles. The molecule has 150 valence electrons. The molecular formula is C21H23ClF2N2OS. The molecule has 2 saturated heterocycles. The van der Waals surface area contributed by atoms with E-state index in [9.17, 15) is 13.6 Å². The Morgan fingerprint density at radius 2 is 1.75 bits per heavy atom. The molecule has 2 N–H and O–H groups in total. The van der Waals surface area contributed by atoms with Crippen molar-refractivity contribution in [1.82, 2.24) is 10.6 Å².